The summed E-state index contributed by atoms with van der Waals surface area (Å²) in [4.78, 5) is 0. The first-order valence-electron chi connectivity index (χ1n) is 5.95. The molecule has 0 N–H and O–H groups in total. The standard InChI is InChI=1S/C8H17.C3H7O2.O.Sn/c1-3-5-7-8-6-4-2;1-5-3-2-4;;/h1,3-8H2,2H3;2-3H2,1H3;;/q;-1;;+1. The van der Waals surface area contributed by atoms with Crippen molar-refractivity contribution in [2.24, 2.45) is 0 Å². The summed E-state index contributed by atoms with van der Waals surface area (Å²) in [6.45, 7) is 3.28. The summed E-state index contributed by atoms with van der Waals surface area (Å²) in [6.07, 6.45) is 7.49. The van der Waals surface area contributed by atoms with Crippen LogP contribution in [0.4, 0.5) is 0 Å². The quantitative estimate of drug-likeness (QED) is 0.433. The first kappa shape index (κ1) is 15.5. The maximum atomic E-state index is 11.4. The Morgan fingerprint density at radius 2 is 1.67 bits per heavy atom. The summed E-state index contributed by atoms with van der Waals surface area (Å²) in [7, 11) is 1.63. The molecule has 0 aromatic heterocycles. The van der Waals surface area contributed by atoms with Gasteiger partial charge >= 0.3 is 101 Å². The predicted octanol–water partition coefficient (Wildman–Crippen LogP) is 2.93. The van der Waals surface area contributed by atoms with E-state index in [0.29, 0.717) is 13.2 Å². The van der Waals surface area contributed by atoms with E-state index in [4.69, 9.17) is 7.81 Å². The summed E-state index contributed by atoms with van der Waals surface area (Å²) in [5.74, 6) is 0. The zero-order valence-corrected chi connectivity index (χ0v) is 12.9. The van der Waals surface area contributed by atoms with Crippen molar-refractivity contribution in [2.75, 3.05) is 20.3 Å². The average molecular weight is 323 g/mol. The molecule has 0 saturated heterocycles. The first-order valence-corrected chi connectivity index (χ1v) is 10.3. The Hall–Kier alpha value is 0.519. The summed E-state index contributed by atoms with van der Waals surface area (Å²) in [5.41, 5.74) is 0. The second-order valence-electron chi connectivity index (χ2n) is 3.73. The fraction of sp³-hybridized carbons (Fsp3) is 1.00. The molecule has 0 saturated carbocycles. The SMILES string of the molecule is CCCCCCC[CH2][Sn](=[O])[O]CCOC. The van der Waals surface area contributed by atoms with Gasteiger partial charge in [-0.2, -0.15) is 0 Å². The molecule has 0 aliphatic carbocycles. The number of hydrogen-bond donors (Lipinski definition) is 0. The molecule has 0 aliphatic rings. The van der Waals surface area contributed by atoms with Crippen molar-refractivity contribution in [1.82, 2.24) is 0 Å². The van der Waals surface area contributed by atoms with Crippen LogP contribution in [0.1, 0.15) is 45.4 Å². The molecule has 0 aromatic rings. The van der Waals surface area contributed by atoms with Crippen molar-refractivity contribution in [3.8, 4) is 0 Å². The molecule has 15 heavy (non-hydrogen) atoms. The van der Waals surface area contributed by atoms with Crippen molar-refractivity contribution in [1.29, 1.82) is 0 Å². The van der Waals surface area contributed by atoms with Crippen LogP contribution in [-0.2, 0) is 10.9 Å². The third-order valence-electron chi connectivity index (χ3n) is 2.28. The van der Waals surface area contributed by atoms with Crippen LogP contribution in [0.3, 0.4) is 0 Å². The second kappa shape index (κ2) is 12.6. The van der Waals surface area contributed by atoms with Crippen LogP contribution in [0, 0.1) is 0 Å². The van der Waals surface area contributed by atoms with Crippen LogP contribution in [-0.4, -0.2) is 40.5 Å². The molecule has 0 aromatic carbocycles. The predicted molar refractivity (Wildman–Crippen MR) is 62.5 cm³/mol. The molecule has 0 amide bonds. The molecule has 0 fully saturated rings. The van der Waals surface area contributed by atoms with Crippen LogP contribution < -0.4 is 0 Å². The van der Waals surface area contributed by atoms with Crippen LogP contribution >= 0.6 is 0 Å². The maximum absolute atomic E-state index is 11.4. The van der Waals surface area contributed by atoms with E-state index in [0.717, 1.165) is 10.9 Å². The van der Waals surface area contributed by atoms with Gasteiger partial charge in [-0.05, 0) is 0 Å². The molecule has 0 radical (unpaired) electrons. The first-order chi connectivity index (χ1) is 7.31. The van der Waals surface area contributed by atoms with Gasteiger partial charge < -0.3 is 0 Å². The van der Waals surface area contributed by atoms with E-state index >= 15 is 0 Å². The van der Waals surface area contributed by atoms with E-state index in [1.54, 1.807) is 7.11 Å². The van der Waals surface area contributed by atoms with Gasteiger partial charge in [0.25, 0.3) is 0 Å². The van der Waals surface area contributed by atoms with Crippen molar-refractivity contribution in [3.63, 3.8) is 0 Å². The molecule has 0 rings (SSSR count). The number of unbranched alkanes of at least 4 members (excludes halogenated alkanes) is 5. The van der Waals surface area contributed by atoms with Gasteiger partial charge in [0.1, 0.15) is 0 Å². The Bertz CT molecular complexity index is 151. The van der Waals surface area contributed by atoms with Crippen LogP contribution in [0.2, 0.25) is 4.44 Å². The number of ether oxygens (including phenoxy) is 1. The van der Waals surface area contributed by atoms with Crippen molar-refractivity contribution in [2.45, 2.75) is 49.9 Å². The van der Waals surface area contributed by atoms with Crippen LogP contribution in [0.25, 0.3) is 0 Å². The van der Waals surface area contributed by atoms with Gasteiger partial charge in [0.15, 0.2) is 0 Å². The average Bonchev–Trinajstić information content (AvgIpc) is 2.23. The van der Waals surface area contributed by atoms with Gasteiger partial charge in [-0.3, -0.25) is 0 Å². The van der Waals surface area contributed by atoms with E-state index in [-0.39, 0.29) is 0 Å². The zero-order valence-electron chi connectivity index (χ0n) is 10.1. The minimum absolute atomic E-state index is 0.505. The summed E-state index contributed by atoms with van der Waals surface area (Å²) in [6, 6.07) is 0. The van der Waals surface area contributed by atoms with Crippen molar-refractivity contribution in [3.05, 3.63) is 0 Å². The topological polar surface area (TPSA) is 35.5 Å². The zero-order chi connectivity index (χ0) is 11.4. The van der Waals surface area contributed by atoms with E-state index in [9.17, 15) is 3.08 Å². The molecule has 0 aliphatic heterocycles. The number of rotatable bonds is 11. The number of hydrogen-bond acceptors (Lipinski definition) is 3. The molecule has 90 valence electrons. The Morgan fingerprint density at radius 1 is 1.00 bits per heavy atom. The second-order valence-corrected chi connectivity index (χ2v) is 8.11. The molecule has 0 spiro atoms. The summed E-state index contributed by atoms with van der Waals surface area (Å²) < 4.78 is 22.3. The normalized spacial score (nSPS) is 10.5. The summed E-state index contributed by atoms with van der Waals surface area (Å²) >= 11 is -2.65. The van der Waals surface area contributed by atoms with Gasteiger partial charge in [0.05, 0.1) is 0 Å². The molecule has 4 heteroatoms. The monoisotopic (exact) mass is 324 g/mol. The molecule has 0 atom stereocenters. The minimum atomic E-state index is -2.65. The van der Waals surface area contributed by atoms with Gasteiger partial charge in [0.2, 0.25) is 0 Å². The fourth-order valence-electron chi connectivity index (χ4n) is 1.36. The molecular formula is C11H24O3Sn. The van der Waals surface area contributed by atoms with E-state index in [1.165, 1.54) is 32.1 Å². The molecule has 0 heterocycles. The summed E-state index contributed by atoms with van der Waals surface area (Å²) in [5, 5.41) is 0. The third kappa shape index (κ3) is 12.5. The van der Waals surface area contributed by atoms with Gasteiger partial charge in [-0.1, -0.05) is 0 Å². The molecule has 3 nitrogen and oxygen atoms in total. The van der Waals surface area contributed by atoms with Crippen molar-refractivity contribution >= 4 is 20.2 Å². The van der Waals surface area contributed by atoms with E-state index in [1.807, 2.05) is 0 Å². The third-order valence-corrected chi connectivity index (χ3v) is 5.96. The van der Waals surface area contributed by atoms with Gasteiger partial charge in [-0.25, -0.2) is 0 Å². The fourth-order valence-corrected chi connectivity index (χ4v) is 4.20. The van der Waals surface area contributed by atoms with Crippen molar-refractivity contribution < 1.29 is 10.9 Å². The van der Waals surface area contributed by atoms with E-state index < -0.39 is 20.2 Å². The van der Waals surface area contributed by atoms with E-state index in [2.05, 4.69) is 6.92 Å². The van der Waals surface area contributed by atoms with Crippen LogP contribution in [0.15, 0.2) is 0 Å². The van der Waals surface area contributed by atoms with Gasteiger partial charge in [0, 0.05) is 0 Å². The molecular weight excluding hydrogens is 299 g/mol. The Kier molecular flexibility index (Phi) is 13.0. The molecule has 0 unspecified atom stereocenters. The van der Waals surface area contributed by atoms with Gasteiger partial charge in [-0.15, -0.1) is 0 Å². The Balaban J connectivity index is 3.10. The Labute approximate surface area is 101 Å². The number of methoxy groups -OCH3 is 1. The van der Waals surface area contributed by atoms with Crippen LogP contribution in [0.5, 0.6) is 0 Å². The Morgan fingerprint density at radius 3 is 2.33 bits per heavy atom. The molecule has 0 bridgehead atoms.